The highest BCUT2D eigenvalue weighted by Gasteiger charge is 2.20. The second-order valence-corrected chi connectivity index (χ2v) is 3.13. The quantitative estimate of drug-likeness (QED) is 0.650. The number of aromatic nitrogens is 1. The molecule has 5 nitrogen and oxygen atoms in total. The number of rotatable bonds is 0. The lowest BCUT2D eigenvalue weighted by molar-refractivity contribution is 0.132. The van der Waals surface area contributed by atoms with Gasteiger partial charge in [0, 0.05) is 0 Å². The first-order valence-corrected chi connectivity index (χ1v) is 4.30. The van der Waals surface area contributed by atoms with E-state index in [9.17, 15) is 5.11 Å². The molecular weight excluding hydrogens is 184 g/mol. The lowest BCUT2D eigenvalue weighted by atomic mass is 10.2. The van der Waals surface area contributed by atoms with Gasteiger partial charge >= 0.3 is 0 Å². The van der Waals surface area contributed by atoms with Crippen molar-refractivity contribution in [1.82, 2.24) is 5.16 Å². The number of nitrogens with zero attached hydrogens (tertiary/aromatic N) is 1. The number of hydrogen-bond donors (Lipinski definition) is 2. The molecule has 5 heteroatoms. The Morgan fingerprint density at radius 2 is 2.43 bits per heavy atom. The Hall–Kier alpha value is -1.75. The van der Waals surface area contributed by atoms with Gasteiger partial charge in [0.15, 0.2) is 17.6 Å². The van der Waals surface area contributed by atoms with Crippen molar-refractivity contribution in [2.75, 3.05) is 11.9 Å². The predicted molar refractivity (Wildman–Crippen MR) is 49.1 cm³/mol. The molecular formula is C9H8N2O3. The van der Waals surface area contributed by atoms with Crippen LogP contribution in [0.15, 0.2) is 22.7 Å². The summed E-state index contributed by atoms with van der Waals surface area (Å²) in [6.07, 6.45) is -0.754. The molecule has 0 aliphatic carbocycles. The number of anilines is 1. The normalized spacial score (nSPS) is 19.9. The molecule has 3 rings (SSSR count). The zero-order chi connectivity index (χ0) is 9.54. The molecule has 1 aliphatic heterocycles. The molecule has 2 N–H and O–H groups in total. The van der Waals surface area contributed by atoms with Crippen LogP contribution in [0.3, 0.4) is 0 Å². The molecule has 0 amide bonds. The van der Waals surface area contributed by atoms with E-state index in [1.165, 1.54) is 0 Å². The van der Waals surface area contributed by atoms with E-state index in [1.54, 1.807) is 6.07 Å². The molecule has 0 saturated carbocycles. The largest absolute Gasteiger partial charge is 0.488 e. The number of benzene rings is 1. The van der Waals surface area contributed by atoms with Crippen LogP contribution in [-0.2, 0) is 0 Å². The van der Waals surface area contributed by atoms with Gasteiger partial charge in [-0.1, -0.05) is 11.2 Å². The van der Waals surface area contributed by atoms with Gasteiger partial charge in [0.25, 0.3) is 0 Å². The third-order valence-electron chi connectivity index (χ3n) is 2.16. The van der Waals surface area contributed by atoms with Gasteiger partial charge in [-0.3, -0.25) is 0 Å². The topological polar surface area (TPSA) is 67.5 Å². The van der Waals surface area contributed by atoms with Crippen molar-refractivity contribution in [3.05, 3.63) is 18.2 Å². The molecule has 1 aromatic carbocycles. The Labute approximate surface area is 79.3 Å². The number of hydrogen-bond acceptors (Lipinski definition) is 5. The first kappa shape index (κ1) is 7.64. The van der Waals surface area contributed by atoms with Crippen molar-refractivity contribution in [2.24, 2.45) is 0 Å². The zero-order valence-electron chi connectivity index (χ0n) is 7.23. The van der Waals surface area contributed by atoms with Gasteiger partial charge in [0.05, 0.1) is 0 Å². The Morgan fingerprint density at radius 1 is 1.50 bits per heavy atom. The van der Waals surface area contributed by atoms with Crippen LogP contribution >= 0.6 is 0 Å². The summed E-state index contributed by atoms with van der Waals surface area (Å²) in [6.45, 7) is 0.204. The van der Waals surface area contributed by atoms with Crippen molar-refractivity contribution in [3.63, 3.8) is 0 Å². The Kier molecular flexibility index (Phi) is 1.43. The Morgan fingerprint density at radius 3 is 3.36 bits per heavy atom. The molecule has 1 aromatic heterocycles. The fourth-order valence-corrected chi connectivity index (χ4v) is 1.55. The Bertz CT molecular complexity index is 480. The third kappa shape index (κ3) is 0.958. The molecule has 2 heterocycles. The highest BCUT2D eigenvalue weighted by atomic mass is 16.5. The van der Waals surface area contributed by atoms with Crippen molar-refractivity contribution >= 4 is 16.8 Å². The first-order chi connectivity index (χ1) is 6.84. The molecule has 0 fully saturated rings. The second kappa shape index (κ2) is 2.62. The van der Waals surface area contributed by atoms with Crippen molar-refractivity contribution in [1.29, 1.82) is 0 Å². The van der Waals surface area contributed by atoms with Gasteiger partial charge in [0.2, 0.25) is 0 Å². The van der Waals surface area contributed by atoms with E-state index >= 15 is 0 Å². The van der Waals surface area contributed by atoms with Crippen LogP contribution in [0.1, 0.15) is 0 Å². The van der Waals surface area contributed by atoms with E-state index in [1.807, 2.05) is 12.1 Å². The molecule has 2 aromatic rings. The number of ether oxygens (including phenoxy) is 1. The number of nitrogens with one attached hydrogen (secondary N) is 1. The highest BCUT2D eigenvalue weighted by Crippen LogP contribution is 2.33. The highest BCUT2D eigenvalue weighted by molar-refractivity contribution is 5.94. The van der Waals surface area contributed by atoms with Crippen molar-refractivity contribution in [3.8, 4) is 5.75 Å². The van der Waals surface area contributed by atoms with Crippen LogP contribution in [0.5, 0.6) is 5.75 Å². The van der Waals surface area contributed by atoms with Crippen LogP contribution in [0.4, 0.5) is 5.82 Å². The lowest BCUT2D eigenvalue weighted by Crippen LogP contribution is -2.24. The minimum absolute atomic E-state index is 0.204. The third-order valence-corrected chi connectivity index (χ3v) is 2.16. The fourth-order valence-electron chi connectivity index (χ4n) is 1.55. The van der Waals surface area contributed by atoms with Crippen molar-refractivity contribution < 1.29 is 14.4 Å². The molecule has 1 unspecified atom stereocenters. The van der Waals surface area contributed by atoms with E-state index in [4.69, 9.17) is 9.26 Å². The maximum absolute atomic E-state index is 9.41. The summed E-state index contributed by atoms with van der Waals surface area (Å²) in [5, 5.41) is 16.8. The first-order valence-electron chi connectivity index (χ1n) is 4.30. The average molecular weight is 192 g/mol. The van der Waals surface area contributed by atoms with Gasteiger partial charge in [-0.2, -0.15) is 0 Å². The Balaban J connectivity index is 2.30. The summed E-state index contributed by atoms with van der Waals surface area (Å²) in [6, 6.07) is 5.45. The van der Waals surface area contributed by atoms with Gasteiger partial charge < -0.3 is 19.7 Å². The van der Waals surface area contributed by atoms with E-state index < -0.39 is 6.23 Å². The molecule has 0 saturated heterocycles. The van der Waals surface area contributed by atoms with Crippen LogP contribution in [0, 0.1) is 0 Å². The number of aliphatic hydroxyl groups excluding tert-OH is 1. The van der Waals surface area contributed by atoms with E-state index in [0.29, 0.717) is 17.2 Å². The summed E-state index contributed by atoms with van der Waals surface area (Å²) in [5.74, 6) is 1.21. The van der Waals surface area contributed by atoms with E-state index in [-0.39, 0.29) is 6.61 Å². The molecule has 14 heavy (non-hydrogen) atoms. The van der Waals surface area contributed by atoms with Crippen LogP contribution in [-0.4, -0.2) is 23.1 Å². The molecule has 1 atom stereocenters. The second-order valence-electron chi connectivity index (χ2n) is 3.13. The lowest BCUT2D eigenvalue weighted by Gasteiger charge is -2.08. The summed E-state index contributed by atoms with van der Waals surface area (Å²) in [5.41, 5.74) is 0.652. The fraction of sp³-hybridized carbons (Fsp3) is 0.222. The SMILES string of the molecule is OC1COc2cccc3onc(c23)N1. The molecule has 72 valence electrons. The number of aliphatic hydroxyl groups is 1. The maximum atomic E-state index is 9.41. The van der Waals surface area contributed by atoms with Gasteiger partial charge in [0.1, 0.15) is 17.7 Å². The maximum Gasteiger partial charge on any atom is 0.183 e. The summed E-state index contributed by atoms with van der Waals surface area (Å²) >= 11 is 0. The molecule has 0 spiro atoms. The molecule has 0 bridgehead atoms. The van der Waals surface area contributed by atoms with E-state index in [2.05, 4.69) is 10.5 Å². The summed E-state index contributed by atoms with van der Waals surface area (Å²) < 4.78 is 10.4. The van der Waals surface area contributed by atoms with Crippen LogP contribution < -0.4 is 10.1 Å². The van der Waals surface area contributed by atoms with Crippen molar-refractivity contribution in [2.45, 2.75) is 6.23 Å². The summed E-state index contributed by atoms with van der Waals surface area (Å²) in [4.78, 5) is 0. The summed E-state index contributed by atoms with van der Waals surface area (Å²) in [7, 11) is 0. The minimum Gasteiger partial charge on any atom is -0.488 e. The van der Waals surface area contributed by atoms with Gasteiger partial charge in [-0.05, 0) is 12.1 Å². The van der Waals surface area contributed by atoms with Crippen LogP contribution in [0.2, 0.25) is 0 Å². The average Bonchev–Trinajstić information content (AvgIpc) is 2.51. The minimum atomic E-state index is -0.754. The predicted octanol–water partition coefficient (Wildman–Crippen LogP) is 0.950. The van der Waals surface area contributed by atoms with Crippen LogP contribution in [0.25, 0.3) is 11.0 Å². The van der Waals surface area contributed by atoms with E-state index in [0.717, 1.165) is 5.39 Å². The zero-order valence-corrected chi connectivity index (χ0v) is 7.23. The molecule has 0 radical (unpaired) electrons. The smallest absolute Gasteiger partial charge is 0.183 e. The van der Waals surface area contributed by atoms with Gasteiger partial charge in [-0.25, -0.2) is 0 Å². The van der Waals surface area contributed by atoms with Gasteiger partial charge in [-0.15, -0.1) is 0 Å². The molecule has 1 aliphatic rings. The standard InChI is InChI=1S/C9H8N2O3/c12-7-4-13-5-2-1-3-6-8(5)9(10-7)11-14-6/h1-3,7,12H,4H2,(H,10,11). The monoisotopic (exact) mass is 192 g/mol.